The molecule has 1 aliphatic heterocycles. The smallest absolute Gasteiger partial charge is 0.227 e. The number of hydrogen-bond donors (Lipinski definition) is 2. The first-order valence-corrected chi connectivity index (χ1v) is 12.5. The van der Waals surface area contributed by atoms with E-state index in [2.05, 4.69) is 64.0 Å². The minimum Gasteiger partial charge on any atom is -0.495 e. The number of aromatic nitrogens is 2. The summed E-state index contributed by atoms with van der Waals surface area (Å²) in [5.41, 5.74) is 7.00. The lowest BCUT2D eigenvalue weighted by molar-refractivity contribution is -0.120. The van der Waals surface area contributed by atoms with Gasteiger partial charge in [-0.15, -0.1) is 0 Å². The molecule has 0 aliphatic carbocycles. The van der Waals surface area contributed by atoms with Gasteiger partial charge in [0.2, 0.25) is 11.9 Å². The number of nitrogens with one attached hydrogen (secondary N) is 2. The molecule has 1 aliphatic rings. The van der Waals surface area contributed by atoms with E-state index in [0.717, 1.165) is 58.5 Å². The maximum atomic E-state index is 11.7. The number of benzene rings is 3. The number of likely N-dealkylation sites (N-methyl/N-ethyl adjacent to an activating group) is 1. The summed E-state index contributed by atoms with van der Waals surface area (Å²) in [6, 6.07) is 18.7. The van der Waals surface area contributed by atoms with Crippen molar-refractivity contribution < 1.29 is 9.53 Å². The number of methoxy groups -OCH3 is 1. The molecule has 1 amide bonds. The molecular weight excluding hydrogens is 462 g/mol. The highest BCUT2D eigenvalue weighted by Gasteiger charge is 2.22. The summed E-state index contributed by atoms with van der Waals surface area (Å²) in [6.45, 7) is 7.51. The molecule has 190 valence electrons. The van der Waals surface area contributed by atoms with Crippen molar-refractivity contribution >= 4 is 28.4 Å². The molecule has 4 aromatic rings. The van der Waals surface area contributed by atoms with Crippen LogP contribution in [0.15, 0.2) is 60.8 Å². The second kappa shape index (κ2) is 9.82. The Bertz CT molecular complexity index is 1480. The minimum absolute atomic E-state index is 0.0552. The van der Waals surface area contributed by atoms with Crippen LogP contribution in [0.5, 0.6) is 5.75 Å². The van der Waals surface area contributed by atoms with Crippen LogP contribution in [-0.4, -0.2) is 41.5 Å². The molecular formula is C30H33N5O2. The van der Waals surface area contributed by atoms with Gasteiger partial charge in [0.15, 0.2) is 0 Å². The number of carbonyl (C=O) groups is 1. The molecule has 0 unspecified atom stereocenters. The average molecular weight is 496 g/mol. The molecule has 1 aromatic heterocycles. The van der Waals surface area contributed by atoms with Crippen molar-refractivity contribution in [3.8, 4) is 16.9 Å². The Morgan fingerprint density at radius 1 is 1.05 bits per heavy atom. The fourth-order valence-electron chi connectivity index (χ4n) is 4.98. The van der Waals surface area contributed by atoms with Crippen molar-refractivity contribution in [1.82, 2.24) is 20.2 Å². The number of nitrogens with zero attached hydrogens (tertiary/aromatic N) is 3. The van der Waals surface area contributed by atoms with Crippen LogP contribution >= 0.6 is 0 Å². The first-order chi connectivity index (χ1) is 17.7. The standard InChI is InChI=1S/C30H33N5O2/c1-19(36)34-30(2,3)25-8-6-7-20(13-25)21-9-10-23-17-31-29(32-26(23)14-21)33-27-15-24-18-35(4)12-11-22(24)16-28(27)37-5/h6-10,13-17H,11-12,18H2,1-5H3,(H,34,36)(H,31,32,33). The van der Waals surface area contributed by atoms with Gasteiger partial charge in [-0.2, -0.15) is 0 Å². The molecule has 7 heteroatoms. The summed E-state index contributed by atoms with van der Waals surface area (Å²) in [7, 11) is 3.83. The zero-order chi connectivity index (χ0) is 26.2. The molecule has 0 radical (unpaired) electrons. The molecule has 7 nitrogen and oxygen atoms in total. The number of ether oxygens (including phenoxy) is 1. The first-order valence-electron chi connectivity index (χ1n) is 12.5. The average Bonchev–Trinajstić information content (AvgIpc) is 2.87. The third-order valence-electron chi connectivity index (χ3n) is 6.96. The second-order valence-corrected chi connectivity index (χ2v) is 10.3. The van der Waals surface area contributed by atoms with Gasteiger partial charge in [0.1, 0.15) is 5.75 Å². The molecule has 37 heavy (non-hydrogen) atoms. The van der Waals surface area contributed by atoms with Gasteiger partial charge in [0.25, 0.3) is 0 Å². The fraction of sp³-hybridized carbons (Fsp3) is 0.300. The van der Waals surface area contributed by atoms with Crippen LogP contribution in [0, 0.1) is 0 Å². The van der Waals surface area contributed by atoms with E-state index in [1.807, 2.05) is 38.2 Å². The maximum Gasteiger partial charge on any atom is 0.227 e. The van der Waals surface area contributed by atoms with Gasteiger partial charge in [-0.05, 0) is 79.4 Å². The number of carbonyl (C=O) groups excluding carboxylic acids is 1. The SMILES string of the molecule is COc1cc2c(cc1Nc1ncc3ccc(-c4cccc(C(C)(C)NC(C)=O)c4)cc3n1)CN(C)CC2. The lowest BCUT2D eigenvalue weighted by Gasteiger charge is -2.26. The molecule has 5 rings (SSSR count). The molecule has 0 bridgehead atoms. The van der Waals surface area contributed by atoms with Crippen molar-refractivity contribution in [3.63, 3.8) is 0 Å². The molecule has 2 N–H and O–H groups in total. The zero-order valence-corrected chi connectivity index (χ0v) is 22.1. The van der Waals surface area contributed by atoms with Crippen LogP contribution in [0.4, 0.5) is 11.6 Å². The highest BCUT2D eigenvalue weighted by Crippen LogP contribution is 2.33. The molecule has 3 aromatic carbocycles. The monoisotopic (exact) mass is 495 g/mol. The van der Waals surface area contributed by atoms with Crippen LogP contribution in [-0.2, 0) is 23.3 Å². The largest absolute Gasteiger partial charge is 0.495 e. The number of rotatable bonds is 6. The van der Waals surface area contributed by atoms with Gasteiger partial charge in [0, 0.05) is 31.6 Å². The zero-order valence-electron chi connectivity index (χ0n) is 22.1. The second-order valence-electron chi connectivity index (χ2n) is 10.3. The molecule has 0 saturated heterocycles. The Kier molecular flexibility index (Phi) is 6.56. The van der Waals surface area contributed by atoms with Gasteiger partial charge in [0.05, 0.1) is 23.9 Å². The van der Waals surface area contributed by atoms with Crippen LogP contribution in [0.3, 0.4) is 0 Å². The fourth-order valence-corrected chi connectivity index (χ4v) is 4.98. The number of hydrogen-bond acceptors (Lipinski definition) is 6. The van der Waals surface area contributed by atoms with Crippen molar-refractivity contribution in [3.05, 3.63) is 77.5 Å². The lowest BCUT2D eigenvalue weighted by Crippen LogP contribution is -2.39. The predicted molar refractivity (Wildman–Crippen MR) is 148 cm³/mol. The summed E-state index contributed by atoms with van der Waals surface area (Å²) in [6.07, 6.45) is 2.85. The van der Waals surface area contributed by atoms with Gasteiger partial charge in [-0.25, -0.2) is 9.97 Å². The summed E-state index contributed by atoms with van der Waals surface area (Å²) >= 11 is 0. The Labute approximate surface area is 217 Å². The summed E-state index contributed by atoms with van der Waals surface area (Å²) < 4.78 is 5.68. The van der Waals surface area contributed by atoms with Gasteiger partial charge in [-0.3, -0.25) is 4.79 Å². The van der Waals surface area contributed by atoms with E-state index in [0.29, 0.717) is 5.95 Å². The Balaban J connectivity index is 1.46. The van der Waals surface area contributed by atoms with Crippen LogP contribution in [0.1, 0.15) is 37.5 Å². The summed E-state index contributed by atoms with van der Waals surface area (Å²) in [5.74, 6) is 1.26. The van der Waals surface area contributed by atoms with E-state index in [1.54, 1.807) is 14.0 Å². The van der Waals surface area contributed by atoms with Crippen molar-refractivity contribution in [2.24, 2.45) is 0 Å². The van der Waals surface area contributed by atoms with Crippen LogP contribution < -0.4 is 15.4 Å². The minimum atomic E-state index is -0.472. The third kappa shape index (κ3) is 5.27. The van der Waals surface area contributed by atoms with Crippen LogP contribution in [0.25, 0.3) is 22.0 Å². The van der Waals surface area contributed by atoms with Crippen molar-refractivity contribution in [2.45, 2.75) is 39.3 Å². The van der Waals surface area contributed by atoms with Gasteiger partial charge < -0.3 is 20.3 Å². The van der Waals surface area contributed by atoms with Gasteiger partial charge in [-0.1, -0.05) is 30.3 Å². The topological polar surface area (TPSA) is 79.4 Å². The van der Waals surface area contributed by atoms with E-state index < -0.39 is 5.54 Å². The summed E-state index contributed by atoms with van der Waals surface area (Å²) in [5, 5.41) is 7.37. The maximum absolute atomic E-state index is 11.7. The Morgan fingerprint density at radius 2 is 1.86 bits per heavy atom. The molecule has 0 fully saturated rings. The quantitative estimate of drug-likeness (QED) is 0.372. The normalized spacial score (nSPS) is 13.8. The van der Waals surface area contributed by atoms with E-state index in [4.69, 9.17) is 9.72 Å². The van der Waals surface area contributed by atoms with E-state index in [9.17, 15) is 4.79 Å². The number of fused-ring (bicyclic) bond motifs is 2. The highest BCUT2D eigenvalue weighted by atomic mass is 16.5. The van der Waals surface area contributed by atoms with Crippen molar-refractivity contribution in [1.29, 1.82) is 0 Å². The number of amides is 1. The molecule has 0 atom stereocenters. The lowest BCUT2D eigenvalue weighted by atomic mass is 9.91. The predicted octanol–water partition coefficient (Wildman–Crippen LogP) is 5.41. The number of anilines is 2. The van der Waals surface area contributed by atoms with E-state index in [1.165, 1.54) is 11.1 Å². The van der Waals surface area contributed by atoms with Crippen LogP contribution in [0.2, 0.25) is 0 Å². The first kappa shape index (κ1) is 24.7. The summed E-state index contributed by atoms with van der Waals surface area (Å²) in [4.78, 5) is 23.4. The van der Waals surface area contributed by atoms with Gasteiger partial charge >= 0.3 is 0 Å². The molecule has 2 heterocycles. The molecule has 0 saturated carbocycles. The third-order valence-corrected chi connectivity index (χ3v) is 6.96. The Morgan fingerprint density at radius 3 is 2.65 bits per heavy atom. The van der Waals surface area contributed by atoms with Crippen molar-refractivity contribution in [2.75, 3.05) is 26.0 Å². The highest BCUT2D eigenvalue weighted by molar-refractivity contribution is 5.85. The van der Waals surface area contributed by atoms with E-state index in [-0.39, 0.29) is 5.91 Å². The van der Waals surface area contributed by atoms with E-state index >= 15 is 0 Å². The Hall–Kier alpha value is -3.97. The molecule has 0 spiro atoms.